The summed E-state index contributed by atoms with van der Waals surface area (Å²) in [4.78, 5) is 27.2. The van der Waals surface area contributed by atoms with Crippen LogP contribution in [0.5, 0.6) is 0 Å². The highest BCUT2D eigenvalue weighted by Crippen LogP contribution is 2.74. The number of carboxylic acids is 1. The number of nitrogens with zero attached hydrogens (tertiary/aromatic N) is 1. The molecule has 9 atom stereocenters. The van der Waals surface area contributed by atoms with Crippen LogP contribution in [0, 0.1) is 46.8 Å². The molecule has 1 heterocycles. The molecular weight excluding hydrogens is 512 g/mol. The second-order valence-corrected chi connectivity index (χ2v) is 12.2. The highest BCUT2D eigenvalue weighted by Gasteiger charge is 2.78. The molecule has 3 saturated carbocycles. The Morgan fingerprint density at radius 1 is 1.12 bits per heavy atom. The molecular formula is C33H41F2NO4. The molecule has 0 spiro atoms. The van der Waals surface area contributed by atoms with E-state index in [0.29, 0.717) is 26.1 Å². The number of ketones is 1. The number of likely N-dealkylation sites (tertiary alicyclic amines) is 1. The SMILES string of the molecule is C#C.CC.C[C@]12C=CC(=O)C=C1[C@@H](F)C[C@H]1C3C[C@H]4CN(Cc5ccccc5)C[C@@]4(C(=O)O)[C@@]3(C)C[C@H](O)[C@@]12F. The van der Waals surface area contributed by atoms with Gasteiger partial charge >= 0.3 is 5.97 Å². The number of alkyl halides is 2. The van der Waals surface area contributed by atoms with Crippen molar-refractivity contribution < 1.29 is 28.6 Å². The van der Waals surface area contributed by atoms with Crippen LogP contribution in [0.2, 0.25) is 0 Å². The maximum absolute atomic E-state index is 17.3. The van der Waals surface area contributed by atoms with Crippen molar-refractivity contribution in [2.45, 2.75) is 71.4 Å². The monoisotopic (exact) mass is 553 g/mol. The number of terminal acetylenes is 1. The number of aliphatic hydroxyl groups is 1. The van der Waals surface area contributed by atoms with Crippen LogP contribution in [0.1, 0.15) is 52.5 Å². The number of rotatable bonds is 3. The number of aliphatic carboxylic acids is 1. The molecule has 1 saturated heterocycles. The van der Waals surface area contributed by atoms with Crippen molar-refractivity contribution in [3.05, 3.63) is 59.7 Å². The summed E-state index contributed by atoms with van der Waals surface area (Å²) in [5, 5.41) is 22.2. The fourth-order valence-corrected chi connectivity index (χ4v) is 9.19. The molecule has 0 radical (unpaired) electrons. The quantitative estimate of drug-likeness (QED) is 0.491. The van der Waals surface area contributed by atoms with Gasteiger partial charge in [-0.2, -0.15) is 0 Å². The minimum Gasteiger partial charge on any atom is -0.481 e. The molecule has 1 aromatic carbocycles. The number of halogens is 2. The van der Waals surface area contributed by atoms with Crippen molar-refractivity contribution in [3.63, 3.8) is 0 Å². The van der Waals surface area contributed by atoms with E-state index in [1.54, 1.807) is 6.92 Å². The predicted octanol–water partition coefficient (Wildman–Crippen LogP) is 5.39. The van der Waals surface area contributed by atoms with Gasteiger partial charge in [-0.3, -0.25) is 14.5 Å². The average Bonchev–Trinajstić information content (AvgIpc) is 3.42. The van der Waals surface area contributed by atoms with Gasteiger partial charge in [0, 0.05) is 31.0 Å². The zero-order chi connectivity index (χ0) is 29.7. The summed E-state index contributed by atoms with van der Waals surface area (Å²) in [7, 11) is 0. The van der Waals surface area contributed by atoms with Gasteiger partial charge in [0.15, 0.2) is 11.5 Å². The minimum absolute atomic E-state index is 0.00570. The van der Waals surface area contributed by atoms with E-state index in [0.717, 1.165) is 5.56 Å². The highest BCUT2D eigenvalue weighted by atomic mass is 19.1. The van der Waals surface area contributed by atoms with Crippen molar-refractivity contribution in [1.29, 1.82) is 0 Å². The summed E-state index contributed by atoms with van der Waals surface area (Å²) in [5.41, 5.74) is -4.46. The molecule has 40 heavy (non-hydrogen) atoms. The highest BCUT2D eigenvalue weighted by molar-refractivity contribution is 6.01. The third kappa shape index (κ3) is 3.86. The normalized spacial score (nSPS) is 43.0. The van der Waals surface area contributed by atoms with E-state index in [1.807, 2.05) is 51.1 Å². The molecule has 1 aliphatic heterocycles. The Morgan fingerprint density at radius 3 is 2.40 bits per heavy atom. The van der Waals surface area contributed by atoms with Crippen LogP contribution in [-0.2, 0) is 16.1 Å². The molecule has 0 aromatic heterocycles. The van der Waals surface area contributed by atoms with E-state index < -0.39 is 46.1 Å². The molecule has 4 fully saturated rings. The Balaban J connectivity index is 0.000000886. The predicted molar refractivity (Wildman–Crippen MR) is 151 cm³/mol. The van der Waals surface area contributed by atoms with E-state index in [9.17, 15) is 19.8 Å². The minimum atomic E-state index is -2.18. The molecule has 5 nitrogen and oxygen atoms in total. The number of carbonyl (C=O) groups is 2. The zero-order valence-electron chi connectivity index (χ0n) is 23.8. The van der Waals surface area contributed by atoms with Crippen LogP contribution in [-0.4, -0.2) is 57.9 Å². The summed E-state index contributed by atoms with van der Waals surface area (Å²) in [6.45, 7) is 9.00. The standard InChI is InChI=1S/C29H33F2NO4.C2H6.C2H2/c1-26-9-8-19(33)11-22(26)23(30)12-21-20-10-18-15-32(14-17-6-4-3-5-7-17)16-28(18,25(35)36)27(20,2)13-24(34)29(21,26)31;2*1-2/h3-9,11,18,20-21,23-24,34H,10,12-16H2,1-2H3,(H,35,36);1-2H3;1-2H/t18-,20?,21-,23-,24-,26-,27-,28+,29-;;/m0../s1. The third-order valence-electron chi connectivity index (χ3n) is 10.9. The van der Waals surface area contributed by atoms with Crippen LogP contribution >= 0.6 is 0 Å². The van der Waals surface area contributed by atoms with Gasteiger partial charge in [-0.25, -0.2) is 8.78 Å². The Bertz CT molecular complexity index is 1230. The van der Waals surface area contributed by atoms with Crippen molar-refractivity contribution in [3.8, 4) is 12.8 Å². The number of benzene rings is 1. The van der Waals surface area contributed by atoms with Gasteiger partial charge in [-0.1, -0.05) is 57.2 Å². The topological polar surface area (TPSA) is 77.8 Å². The lowest BCUT2D eigenvalue weighted by atomic mass is 9.43. The Kier molecular flexibility index (Phi) is 7.94. The summed E-state index contributed by atoms with van der Waals surface area (Å²) < 4.78 is 32.9. The summed E-state index contributed by atoms with van der Waals surface area (Å²) in [5.74, 6) is -2.72. The first-order valence-electron chi connectivity index (χ1n) is 14.3. The smallest absolute Gasteiger partial charge is 0.311 e. The van der Waals surface area contributed by atoms with E-state index in [1.165, 1.54) is 18.2 Å². The van der Waals surface area contributed by atoms with Crippen LogP contribution in [0.4, 0.5) is 8.78 Å². The van der Waals surface area contributed by atoms with Crippen molar-refractivity contribution in [1.82, 2.24) is 4.90 Å². The zero-order valence-corrected chi connectivity index (χ0v) is 23.8. The average molecular weight is 554 g/mol. The molecule has 5 aliphatic rings. The Hall–Kier alpha value is -2.82. The number of carbonyl (C=O) groups excluding carboxylic acids is 1. The molecule has 216 valence electrons. The number of hydrogen-bond acceptors (Lipinski definition) is 4. The van der Waals surface area contributed by atoms with Gasteiger partial charge < -0.3 is 10.2 Å². The van der Waals surface area contributed by atoms with Gasteiger partial charge in [-0.15, -0.1) is 12.8 Å². The first-order valence-corrected chi connectivity index (χ1v) is 14.3. The van der Waals surface area contributed by atoms with Crippen molar-refractivity contribution in [2.24, 2.45) is 34.0 Å². The first kappa shape index (κ1) is 30.1. The number of fused-ring (bicyclic) bond motifs is 7. The summed E-state index contributed by atoms with van der Waals surface area (Å²) in [6.07, 6.45) is 9.24. The van der Waals surface area contributed by atoms with Crippen LogP contribution in [0.3, 0.4) is 0 Å². The number of allylic oxidation sites excluding steroid dienone is 4. The van der Waals surface area contributed by atoms with Crippen LogP contribution < -0.4 is 0 Å². The van der Waals surface area contributed by atoms with E-state index in [4.69, 9.17) is 0 Å². The largest absolute Gasteiger partial charge is 0.481 e. The second-order valence-electron chi connectivity index (χ2n) is 12.2. The van der Waals surface area contributed by atoms with Gasteiger partial charge in [-0.05, 0) is 66.7 Å². The Morgan fingerprint density at radius 2 is 1.77 bits per heavy atom. The fraction of sp³-hybridized carbons (Fsp3) is 0.576. The van der Waals surface area contributed by atoms with Gasteiger partial charge in [0.05, 0.1) is 11.5 Å². The molecule has 7 heteroatoms. The van der Waals surface area contributed by atoms with E-state index in [-0.39, 0.29) is 36.0 Å². The molecule has 0 bridgehead atoms. The van der Waals surface area contributed by atoms with Gasteiger partial charge in [0.2, 0.25) is 0 Å². The third-order valence-corrected chi connectivity index (χ3v) is 10.9. The molecule has 1 unspecified atom stereocenters. The molecule has 0 amide bonds. The van der Waals surface area contributed by atoms with Crippen LogP contribution in [0.25, 0.3) is 0 Å². The maximum Gasteiger partial charge on any atom is 0.311 e. The number of aliphatic hydroxyl groups excluding tert-OH is 1. The van der Waals surface area contributed by atoms with Gasteiger partial charge in [0.1, 0.15) is 6.17 Å². The lowest BCUT2D eigenvalue weighted by Crippen LogP contribution is -2.69. The van der Waals surface area contributed by atoms with Crippen LogP contribution in [0.15, 0.2) is 54.1 Å². The summed E-state index contributed by atoms with van der Waals surface area (Å²) in [6, 6.07) is 9.90. The number of hydrogen-bond donors (Lipinski definition) is 2. The summed E-state index contributed by atoms with van der Waals surface area (Å²) >= 11 is 0. The van der Waals surface area contributed by atoms with E-state index >= 15 is 8.78 Å². The lowest BCUT2D eigenvalue weighted by molar-refractivity contribution is -0.215. The number of carboxylic acid groups (broad SMARTS) is 1. The molecule has 2 N–H and O–H groups in total. The van der Waals surface area contributed by atoms with Gasteiger partial charge in [0.25, 0.3) is 0 Å². The van der Waals surface area contributed by atoms with Crippen molar-refractivity contribution in [2.75, 3.05) is 13.1 Å². The van der Waals surface area contributed by atoms with E-state index in [2.05, 4.69) is 17.7 Å². The Labute approximate surface area is 236 Å². The fourth-order valence-electron chi connectivity index (χ4n) is 9.19. The lowest BCUT2D eigenvalue weighted by Gasteiger charge is -2.63. The van der Waals surface area contributed by atoms with Crippen molar-refractivity contribution >= 4 is 11.8 Å². The molecule has 4 aliphatic carbocycles. The maximum atomic E-state index is 17.3. The first-order chi connectivity index (χ1) is 19.0. The molecule has 6 rings (SSSR count). The molecule has 1 aromatic rings. The second kappa shape index (κ2) is 10.5.